The van der Waals surface area contributed by atoms with E-state index in [0.29, 0.717) is 16.3 Å². The van der Waals surface area contributed by atoms with Crippen molar-refractivity contribution in [2.24, 2.45) is 5.92 Å². The maximum atomic E-state index is 12.8. The first kappa shape index (κ1) is 22.1. The van der Waals surface area contributed by atoms with Gasteiger partial charge in [-0.15, -0.1) is 0 Å². The highest BCUT2D eigenvalue weighted by Crippen LogP contribution is 2.22. The van der Waals surface area contributed by atoms with Gasteiger partial charge in [-0.2, -0.15) is 0 Å². The van der Waals surface area contributed by atoms with Crippen molar-refractivity contribution in [3.8, 4) is 0 Å². The second-order valence-corrected chi connectivity index (χ2v) is 8.48. The lowest BCUT2D eigenvalue weighted by Crippen LogP contribution is -2.47. The number of nitrogens with one attached hydrogen (secondary N) is 3. The molecule has 1 saturated carbocycles. The van der Waals surface area contributed by atoms with E-state index in [4.69, 9.17) is 23.2 Å². The summed E-state index contributed by atoms with van der Waals surface area (Å²) in [6, 6.07) is 10.7. The van der Waals surface area contributed by atoms with Crippen LogP contribution in [0.1, 0.15) is 47.4 Å². The molecule has 0 heterocycles. The SMILES string of the molecule is CC(C)C(NC(=O)c1ccc(Cl)cc1Cl)C(=O)Nc1cccc(C(=O)NC2CC2)c1. The summed E-state index contributed by atoms with van der Waals surface area (Å²) in [4.78, 5) is 37.7. The van der Waals surface area contributed by atoms with Crippen molar-refractivity contribution in [1.82, 2.24) is 10.6 Å². The Morgan fingerprint density at radius 2 is 1.73 bits per heavy atom. The normalized spacial score (nSPS) is 14.2. The summed E-state index contributed by atoms with van der Waals surface area (Å²) in [5.41, 5.74) is 1.18. The third-order valence-corrected chi connectivity index (χ3v) is 5.26. The van der Waals surface area contributed by atoms with Gasteiger partial charge >= 0.3 is 0 Å². The molecule has 6 nitrogen and oxygen atoms in total. The van der Waals surface area contributed by atoms with E-state index in [-0.39, 0.29) is 34.4 Å². The molecule has 0 aliphatic heterocycles. The number of carbonyl (C=O) groups excluding carboxylic acids is 3. The minimum Gasteiger partial charge on any atom is -0.349 e. The van der Waals surface area contributed by atoms with Crippen molar-refractivity contribution in [1.29, 1.82) is 0 Å². The molecule has 3 N–H and O–H groups in total. The second kappa shape index (κ2) is 9.49. The van der Waals surface area contributed by atoms with Crippen LogP contribution in [0.2, 0.25) is 10.0 Å². The molecule has 0 spiro atoms. The summed E-state index contributed by atoms with van der Waals surface area (Å²) in [5, 5.41) is 9.04. The van der Waals surface area contributed by atoms with Crippen molar-refractivity contribution in [2.75, 3.05) is 5.32 Å². The Hall–Kier alpha value is -2.57. The molecular formula is C22H23Cl2N3O3. The number of amides is 3. The van der Waals surface area contributed by atoms with Crippen molar-refractivity contribution in [2.45, 2.75) is 38.8 Å². The molecule has 0 bridgehead atoms. The van der Waals surface area contributed by atoms with Gasteiger partial charge in [0.1, 0.15) is 6.04 Å². The molecule has 1 aliphatic carbocycles. The molecule has 30 heavy (non-hydrogen) atoms. The van der Waals surface area contributed by atoms with Crippen LogP contribution in [0.4, 0.5) is 5.69 Å². The number of anilines is 1. The van der Waals surface area contributed by atoms with Crippen LogP contribution >= 0.6 is 23.2 Å². The molecule has 3 amide bonds. The van der Waals surface area contributed by atoms with E-state index < -0.39 is 11.9 Å². The Kier molecular flexibility index (Phi) is 7.00. The van der Waals surface area contributed by atoms with Gasteiger partial charge < -0.3 is 16.0 Å². The molecule has 8 heteroatoms. The van der Waals surface area contributed by atoms with Crippen LogP contribution in [0, 0.1) is 5.92 Å². The van der Waals surface area contributed by atoms with Gasteiger partial charge in [0.05, 0.1) is 10.6 Å². The average molecular weight is 448 g/mol. The van der Waals surface area contributed by atoms with Crippen LogP contribution in [0.15, 0.2) is 42.5 Å². The van der Waals surface area contributed by atoms with E-state index in [2.05, 4.69) is 16.0 Å². The van der Waals surface area contributed by atoms with E-state index in [9.17, 15) is 14.4 Å². The maximum absolute atomic E-state index is 12.8. The van der Waals surface area contributed by atoms with Gasteiger partial charge in [0, 0.05) is 22.3 Å². The minimum atomic E-state index is -0.798. The fourth-order valence-electron chi connectivity index (χ4n) is 2.88. The largest absolute Gasteiger partial charge is 0.349 e. The van der Waals surface area contributed by atoms with Crippen LogP contribution in [-0.4, -0.2) is 29.8 Å². The Bertz CT molecular complexity index is 974. The number of rotatable bonds is 7. The van der Waals surface area contributed by atoms with E-state index in [1.165, 1.54) is 12.1 Å². The summed E-state index contributed by atoms with van der Waals surface area (Å²) in [6.45, 7) is 3.65. The molecule has 1 fully saturated rings. The highest BCUT2D eigenvalue weighted by Gasteiger charge is 2.26. The van der Waals surface area contributed by atoms with E-state index >= 15 is 0 Å². The highest BCUT2D eigenvalue weighted by atomic mass is 35.5. The quantitative estimate of drug-likeness (QED) is 0.591. The van der Waals surface area contributed by atoms with Gasteiger partial charge in [0.2, 0.25) is 5.91 Å². The fourth-order valence-corrected chi connectivity index (χ4v) is 3.38. The molecule has 0 aromatic heterocycles. The molecule has 0 saturated heterocycles. The molecule has 3 rings (SSSR count). The van der Waals surface area contributed by atoms with Gasteiger partial charge in [-0.1, -0.05) is 43.1 Å². The van der Waals surface area contributed by atoms with Crippen LogP contribution in [0.5, 0.6) is 0 Å². The zero-order valence-electron chi connectivity index (χ0n) is 16.7. The zero-order valence-corrected chi connectivity index (χ0v) is 18.2. The van der Waals surface area contributed by atoms with Crippen LogP contribution in [0.3, 0.4) is 0 Å². The minimum absolute atomic E-state index is 0.167. The molecule has 1 unspecified atom stereocenters. The predicted octanol–water partition coefficient (Wildman–Crippen LogP) is 4.28. The zero-order chi connectivity index (χ0) is 21.8. The second-order valence-electron chi connectivity index (χ2n) is 7.64. The van der Waals surface area contributed by atoms with Gasteiger partial charge in [-0.25, -0.2) is 0 Å². The summed E-state index contributed by atoms with van der Waals surface area (Å²) in [6.07, 6.45) is 1.99. The number of halogens is 2. The molecule has 1 atom stereocenters. The van der Waals surface area contributed by atoms with Crippen LogP contribution in [-0.2, 0) is 4.79 Å². The molecule has 0 radical (unpaired) electrons. The lowest BCUT2D eigenvalue weighted by Gasteiger charge is -2.22. The first-order valence-corrected chi connectivity index (χ1v) is 10.5. The van der Waals surface area contributed by atoms with E-state index in [1.807, 2.05) is 13.8 Å². The molecule has 2 aromatic rings. The maximum Gasteiger partial charge on any atom is 0.253 e. The highest BCUT2D eigenvalue weighted by molar-refractivity contribution is 6.36. The summed E-state index contributed by atoms with van der Waals surface area (Å²) < 4.78 is 0. The van der Waals surface area contributed by atoms with Crippen molar-refractivity contribution >= 4 is 46.6 Å². The monoisotopic (exact) mass is 447 g/mol. The average Bonchev–Trinajstić information content (AvgIpc) is 3.49. The van der Waals surface area contributed by atoms with Gasteiger partial charge in [-0.05, 0) is 55.2 Å². The van der Waals surface area contributed by atoms with Gasteiger partial charge in [0.15, 0.2) is 0 Å². The fraction of sp³-hybridized carbons (Fsp3) is 0.318. The smallest absolute Gasteiger partial charge is 0.253 e. The van der Waals surface area contributed by atoms with Crippen molar-refractivity contribution < 1.29 is 14.4 Å². The Morgan fingerprint density at radius 1 is 1.00 bits per heavy atom. The lowest BCUT2D eigenvalue weighted by atomic mass is 10.0. The van der Waals surface area contributed by atoms with E-state index in [0.717, 1.165) is 12.8 Å². The van der Waals surface area contributed by atoms with Crippen LogP contribution < -0.4 is 16.0 Å². The number of carbonyl (C=O) groups is 3. The van der Waals surface area contributed by atoms with Gasteiger partial charge in [-0.3, -0.25) is 14.4 Å². The van der Waals surface area contributed by atoms with E-state index in [1.54, 1.807) is 30.3 Å². The summed E-state index contributed by atoms with van der Waals surface area (Å²) in [7, 11) is 0. The summed E-state index contributed by atoms with van der Waals surface area (Å²) >= 11 is 12.0. The Balaban J connectivity index is 1.69. The molecule has 158 valence electrons. The molecular weight excluding hydrogens is 425 g/mol. The number of hydrogen-bond acceptors (Lipinski definition) is 3. The molecule has 2 aromatic carbocycles. The number of benzene rings is 2. The third kappa shape index (κ3) is 5.74. The standard InChI is InChI=1S/C22H23Cl2N3O3/c1-12(2)19(27-21(29)17-9-6-14(23)11-18(17)24)22(30)26-16-5-3-4-13(10-16)20(28)25-15-7-8-15/h3-6,9-12,15,19H,7-8H2,1-2H3,(H,25,28)(H,26,30)(H,27,29). The third-order valence-electron chi connectivity index (χ3n) is 4.72. The molecule has 1 aliphatic rings. The lowest BCUT2D eigenvalue weighted by molar-refractivity contribution is -0.118. The summed E-state index contributed by atoms with van der Waals surface area (Å²) in [5.74, 6) is -1.20. The Morgan fingerprint density at radius 3 is 2.37 bits per heavy atom. The topological polar surface area (TPSA) is 87.3 Å². The van der Waals surface area contributed by atoms with Crippen molar-refractivity contribution in [3.63, 3.8) is 0 Å². The van der Waals surface area contributed by atoms with Crippen molar-refractivity contribution in [3.05, 3.63) is 63.6 Å². The first-order valence-electron chi connectivity index (χ1n) is 9.72. The predicted molar refractivity (Wildman–Crippen MR) is 118 cm³/mol. The van der Waals surface area contributed by atoms with Crippen LogP contribution in [0.25, 0.3) is 0 Å². The Labute approximate surface area is 185 Å². The number of hydrogen-bond donors (Lipinski definition) is 3. The van der Waals surface area contributed by atoms with Gasteiger partial charge in [0.25, 0.3) is 11.8 Å². The first-order chi connectivity index (χ1) is 14.2.